The highest BCUT2D eigenvalue weighted by molar-refractivity contribution is 7.90. The maximum absolute atomic E-state index is 13.5. The Bertz CT molecular complexity index is 1850. The van der Waals surface area contributed by atoms with Crippen LogP contribution in [0.4, 0.5) is 4.79 Å². The molecule has 41 heavy (non-hydrogen) atoms. The van der Waals surface area contributed by atoms with E-state index in [0.717, 1.165) is 27.7 Å². The van der Waals surface area contributed by atoms with Gasteiger partial charge in [-0.25, -0.2) is 18.2 Å². The maximum atomic E-state index is 13.5. The molecule has 0 saturated carbocycles. The number of hydrogen-bond donors (Lipinski definition) is 1. The van der Waals surface area contributed by atoms with Crippen LogP contribution < -0.4 is 9.47 Å². The number of nitrogens with zero attached hydrogens (tertiary/aromatic N) is 2. The number of benzene rings is 3. The second kappa shape index (κ2) is 11.0. The van der Waals surface area contributed by atoms with Crippen LogP contribution in [0, 0.1) is 0 Å². The Morgan fingerprint density at radius 3 is 2.49 bits per heavy atom. The lowest BCUT2D eigenvalue weighted by Gasteiger charge is -2.35. The van der Waals surface area contributed by atoms with Gasteiger partial charge in [0.15, 0.2) is 9.84 Å². The predicted octanol–water partition coefficient (Wildman–Crippen LogP) is 7.41. The number of H-pyrrole nitrogens is 1. The highest BCUT2D eigenvalue weighted by Crippen LogP contribution is 2.40. The zero-order valence-corrected chi connectivity index (χ0v) is 24.8. The number of aromatic amines is 1. The van der Waals surface area contributed by atoms with Crippen LogP contribution in [0.25, 0.3) is 10.9 Å². The van der Waals surface area contributed by atoms with Crippen LogP contribution in [-0.4, -0.2) is 42.2 Å². The molecule has 6 rings (SSSR count). The number of aromatic nitrogens is 2. The van der Waals surface area contributed by atoms with Crippen LogP contribution in [0.2, 0.25) is 10.0 Å². The highest BCUT2D eigenvalue weighted by atomic mass is 35.5. The SMILES string of the molecule is CS(=O)(=O)Cc1cnc(Oc2ccc(C3c4[nH]c5ccc(Cl)cc5c4CCN3C(=O)Oc3ccc(Cl)cc3)cc2)s1. The van der Waals surface area contributed by atoms with Crippen LogP contribution in [0.3, 0.4) is 0 Å². The largest absolute Gasteiger partial charge is 0.431 e. The van der Waals surface area contributed by atoms with Gasteiger partial charge in [-0.2, -0.15) is 0 Å². The summed E-state index contributed by atoms with van der Waals surface area (Å²) in [6.07, 6.45) is 2.83. The van der Waals surface area contributed by atoms with Crippen molar-refractivity contribution in [1.29, 1.82) is 0 Å². The molecule has 0 spiro atoms. The summed E-state index contributed by atoms with van der Waals surface area (Å²) in [7, 11) is -3.17. The first-order valence-electron chi connectivity index (χ1n) is 12.6. The smallest absolute Gasteiger partial charge is 0.416 e. The van der Waals surface area contributed by atoms with Gasteiger partial charge in [0.05, 0.1) is 5.75 Å². The molecular formula is C29H23Cl2N3O5S2. The summed E-state index contributed by atoms with van der Waals surface area (Å²) in [5.41, 5.74) is 3.77. The Labute approximate surface area is 250 Å². The lowest BCUT2D eigenvalue weighted by Crippen LogP contribution is -2.42. The first kappa shape index (κ1) is 27.6. The molecule has 0 bridgehead atoms. The first-order valence-corrected chi connectivity index (χ1v) is 16.2. The molecule has 12 heteroatoms. The van der Waals surface area contributed by atoms with E-state index < -0.39 is 22.0 Å². The van der Waals surface area contributed by atoms with E-state index in [1.165, 1.54) is 23.8 Å². The number of thiazole rings is 1. The predicted molar refractivity (Wildman–Crippen MR) is 160 cm³/mol. The van der Waals surface area contributed by atoms with E-state index in [-0.39, 0.29) is 5.75 Å². The van der Waals surface area contributed by atoms with Gasteiger partial charge in [0.25, 0.3) is 5.19 Å². The number of fused-ring (bicyclic) bond motifs is 3. The van der Waals surface area contributed by atoms with Crippen molar-refractivity contribution in [3.05, 3.63) is 105 Å². The zero-order chi connectivity index (χ0) is 28.7. The molecular weight excluding hydrogens is 605 g/mol. The molecule has 2 aromatic heterocycles. The van der Waals surface area contributed by atoms with Gasteiger partial charge in [-0.05, 0) is 72.1 Å². The number of carbonyl (C=O) groups is 1. The Kier molecular flexibility index (Phi) is 7.41. The standard InChI is InChI=1S/C29H23Cl2N3O5S2/c1-41(36,37)16-22-15-32-28(40-22)38-20-7-2-17(3-8-20)27-26-23(24-14-19(31)6-11-25(24)33-26)12-13-34(27)29(35)39-21-9-4-18(30)5-10-21/h2-11,14-15,27,33H,12-13,16H2,1H3. The molecule has 0 fully saturated rings. The molecule has 210 valence electrons. The van der Waals surface area contributed by atoms with E-state index in [4.69, 9.17) is 32.7 Å². The van der Waals surface area contributed by atoms with Crippen LogP contribution in [0.5, 0.6) is 16.7 Å². The molecule has 3 aromatic carbocycles. The Hall–Kier alpha value is -3.57. The minimum Gasteiger partial charge on any atom is -0.431 e. The fourth-order valence-corrected chi connectivity index (χ4v) is 7.29. The fraction of sp³-hybridized carbons (Fsp3) is 0.172. The van der Waals surface area contributed by atoms with Gasteiger partial charge in [0, 0.05) is 50.5 Å². The van der Waals surface area contributed by atoms with E-state index in [0.29, 0.717) is 44.6 Å². The molecule has 8 nitrogen and oxygen atoms in total. The van der Waals surface area contributed by atoms with E-state index in [1.807, 2.05) is 30.3 Å². The van der Waals surface area contributed by atoms with Gasteiger partial charge in [0.1, 0.15) is 17.5 Å². The third-order valence-corrected chi connectivity index (χ3v) is 9.06. The van der Waals surface area contributed by atoms with Gasteiger partial charge in [-0.1, -0.05) is 46.7 Å². The summed E-state index contributed by atoms with van der Waals surface area (Å²) in [4.78, 5) is 23.5. The summed E-state index contributed by atoms with van der Waals surface area (Å²) in [5, 5.41) is 2.56. The van der Waals surface area contributed by atoms with Crippen molar-refractivity contribution >= 4 is 61.4 Å². The van der Waals surface area contributed by atoms with Crippen LogP contribution in [-0.2, 0) is 22.0 Å². The van der Waals surface area contributed by atoms with Crippen molar-refractivity contribution in [2.75, 3.05) is 12.8 Å². The van der Waals surface area contributed by atoms with Crippen molar-refractivity contribution in [2.24, 2.45) is 0 Å². The third kappa shape index (κ3) is 6.06. The summed E-state index contributed by atoms with van der Waals surface area (Å²) in [5.74, 6) is 0.841. The number of halogens is 2. The van der Waals surface area contributed by atoms with E-state index in [2.05, 4.69) is 9.97 Å². The van der Waals surface area contributed by atoms with Crippen molar-refractivity contribution in [2.45, 2.75) is 18.2 Å². The van der Waals surface area contributed by atoms with Crippen LogP contribution in [0.15, 0.2) is 72.9 Å². The topological polar surface area (TPSA) is 102 Å². The highest BCUT2D eigenvalue weighted by Gasteiger charge is 2.36. The average Bonchev–Trinajstić information content (AvgIpc) is 3.52. The average molecular weight is 629 g/mol. The maximum Gasteiger partial charge on any atom is 0.416 e. The van der Waals surface area contributed by atoms with Gasteiger partial charge >= 0.3 is 6.09 Å². The number of amides is 1. The summed E-state index contributed by atoms with van der Waals surface area (Å²) < 4.78 is 34.8. The molecule has 0 saturated heterocycles. The number of ether oxygens (including phenoxy) is 2. The minimum absolute atomic E-state index is 0.0886. The number of nitrogens with one attached hydrogen (secondary N) is 1. The van der Waals surface area contributed by atoms with Gasteiger partial charge < -0.3 is 14.5 Å². The molecule has 1 unspecified atom stereocenters. The lowest BCUT2D eigenvalue weighted by molar-refractivity contribution is 0.135. The van der Waals surface area contributed by atoms with Gasteiger partial charge in [-0.15, -0.1) is 0 Å². The molecule has 5 aromatic rings. The Balaban J connectivity index is 1.31. The number of hydrogen-bond acceptors (Lipinski definition) is 7. The van der Waals surface area contributed by atoms with Crippen molar-refractivity contribution in [1.82, 2.24) is 14.9 Å². The quantitative estimate of drug-likeness (QED) is 0.210. The molecule has 1 atom stereocenters. The minimum atomic E-state index is -3.17. The molecule has 1 amide bonds. The number of carbonyl (C=O) groups excluding carboxylic acids is 1. The summed E-state index contributed by atoms with van der Waals surface area (Å²) >= 11 is 13.5. The second-order valence-corrected chi connectivity index (χ2v) is 13.8. The van der Waals surface area contributed by atoms with Crippen LogP contribution in [0.1, 0.15) is 27.7 Å². The fourth-order valence-electron chi connectivity index (χ4n) is 4.95. The van der Waals surface area contributed by atoms with Gasteiger partial charge in [0.2, 0.25) is 0 Å². The summed E-state index contributed by atoms with van der Waals surface area (Å²) in [6, 6.07) is 19.3. The van der Waals surface area contributed by atoms with E-state index in [9.17, 15) is 13.2 Å². The molecule has 1 N–H and O–H groups in total. The Morgan fingerprint density at radius 2 is 1.76 bits per heavy atom. The van der Waals surface area contributed by atoms with Crippen molar-refractivity contribution < 1.29 is 22.7 Å². The number of rotatable bonds is 6. The third-order valence-electron chi connectivity index (χ3n) is 6.68. The summed E-state index contributed by atoms with van der Waals surface area (Å²) in [6.45, 7) is 0.435. The van der Waals surface area contributed by atoms with Crippen molar-refractivity contribution in [3.8, 4) is 16.7 Å². The monoisotopic (exact) mass is 627 g/mol. The van der Waals surface area contributed by atoms with Crippen LogP contribution >= 0.6 is 34.5 Å². The molecule has 3 heterocycles. The molecule has 1 aliphatic heterocycles. The number of sulfone groups is 1. The zero-order valence-electron chi connectivity index (χ0n) is 21.6. The van der Waals surface area contributed by atoms with Crippen molar-refractivity contribution in [3.63, 3.8) is 0 Å². The second-order valence-electron chi connectivity index (χ2n) is 9.71. The molecule has 0 radical (unpaired) electrons. The molecule has 1 aliphatic rings. The first-order chi connectivity index (χ1) is 19.6. The van der Waals surface area contributed by atoms with E-state index >= 15 is 0 Å². The van der Waals surface area contributed by atoms with E-state index in [1.54, 1.807) is 41.3 Å². The normalized spacial score (nSPS) is 15.1. The molecule has 0 aliphatic carbocycles. The lowest BCUT2D eigenvalue weighted by atomic mass is 9.92. The van der Waals surface area contributed by atoms with Gasteiger partial charge in [-0.3, -0.25) is 4.90 Å². The Morgan fingerprint density at radius 1 is 1.05 bits per heavy atom.